The maximum Gasteiger partial charge on any atom is 0.144 e. The molecule has 1 heterocycles. The fourth-order valence-electron chi connectivity index (χ4n) is 2.27. The number of rotatable bonds is 2. The lowest BCUT2D eigenvalue weighted by atomic mass is 10.1. The quantitative estimate of drug-likeness (QED) is 0.783. The van der Waals surface area contributed by atoms with Gasteiger partial charge in [-0.25, -0.2) is 0 Å². The molecule has 17 heavy (non-hydrogen) atoms. The van der Waals surface area contributed by atoms with Gasteiger partial charge in [-0.3, -0.25) is 0 Å². The molecule has 0 N–H and O–H groups in total. The highest BCUT2D eigenvalue weighted by molar-refractivity contribution is 5.70. The number of nitriles is 1. The third-order valence-electron chi connectivity index (χ3n) is 2.86. The van der Waals surface area contributed by atoms with E-state index in [1.165, 1.54) is 0 Å². The van der Waals surface area contributed by atoms with Crippen molar-refractivity contribution >= 4 is 5.69 Å². The van der Waals surface area contributed by atoms with E-state index in [1.54, 1.807) is 0 Å². The molecule has 0 spiro atoms. The lowest BCUT2D eigenvalue weighted by Crippen LogP contribution is -2.36. The predicted molar refractivity (Wildman–Crippen MR) is 68.4 cm³/mol. The molecule has 90 valence electrons. The van der Waals surface area contributed by atoms with Crippen molar-refractivity contribution in [3.8, 4) is 11.8 Å². The highest BCUT2D eigenvalue weighted by Gasteiger charge is 2.22. The average molecular weight is 230 g/mol. The van der Waals surface area contributed by atoms with Crippen LogP contribution in [0.5, 0.6) is 5.75 Å². The molecule has 1 aliphatic heterocycles. The van der Waals surface area contributed by atoms with Crippen molar-refractivity contribution in [1.29, 1.82) is 5.26 Å². The Morgan fingerprint density at radius 1 is 1.47 bits per heavy atom. The first-order valence-corrected chi connectivity index (χ1v) is 6.04. The van der Waals surface area contributed by atoms with Crippen molar-refractivity contribution in [2.24, 2.45) is 5.92 Å². The van der Waals surface area contributed by atoms with Gasteiger partial charge in [0.1, 0.15) is 18.4 Å². The third kappa shape index (κ3) is 2.36. The molecule has 3 heteroatoms. The van der Waals surface area contributed by atoms with Gasteiger partial charge in [-0.05, 0) is 30.5 Å². The van der Waals surface area contributed by atoms with E-state index in [1.807, 2.05) is 19.1 Å². The van der Waals surface area contributed by atoms with E-state index in [4.69, 9.17) is 4.74 Å². The molecule has 0 bridgehead atoms. The van der Waals surface area contributed by atoms with E-state index < -0.39 is 0 Å². The van der Waals surface area contributed by atoms with Crippen LogP contribution in [0.2, 0.25) is 0 Å². The number of aryl methyl sites for hydroxylation is 1. The zero-order chi connectivity index (χ0) is 12.4. The van der Waals surface area contributed by atoms with Gasteiger partial charge in [0.05, 0.1) is 17.8 Å². The maximum absolute atomic E-state index is 9.24. The van der Waals surface area contributed by atoms with Crippen LogP contribution in [0.4, 0.5) is 5.69 Å². The van der Waals surface area contributed by atoms with Crippen LogP contribution < -0.4 is 9.64 Å². The highest BCUT2D eigenvalue weighted by Crippen LogP contribution is 2.36. The second kappa shape index (κ2) is 4.67. The first-order valence-electron chi connectivity index (χ1n) is 6.04. The SMILES string of the molecule is Cc1cc(C#N)c2c(c1)OCCN2CC(C)C. The highest BCUT2D eigenvalue weighted by atomic mass is 16.5. The number of benzene rings is 1. The van der Waals surface area contributed by atoms with Gasteiger partial charge in [0.25, 0.3) is 0 Å². The van der Waals surface area contributed by atoms with Gasteiger partial charge in [-0.1, -0.05) is 13.8 Å². The number of fused-ring (bicyclic) bond motifs is 1. The van der Waals surface area contributed by atoms with Crippen LogP contribution in [0, 0.1) is 24.2 Å². The summed E-state index contributed by atoms with van der Waals surface area (Å²) in [5.41, 5.74) is 2.77. The molecule has 1 aromatic carbocycles. The molecule has 2 rings (SSSR count). The van der Waals surface area contributed by atoms with E-state index in [9.17, 15) is 5.26 Å². The number of ether oxygens (including phenoxy) is 1. The normalized spacial score (nSPS) is 14.2. The summed E-state index contributed by atoms with van der Waals surface area (Å²) < 4.78 is 5.67. The molecule has 0 fully saturated rings. The Morgan fingerprint density at radius 2 is 2.24 bits per heavy atom. The molecule has 0 aromatic heterocycles. The molecule has 1 aliphatic rings. The minimum Gasteiger partial charge on any atom is -0.490 e. The van der Waals surface area contributed by atoms with E-state index >= 15 is 0 Å². The maximum atomic E-state index is 9.24. The lowest BCUT2D eigenvalue weighted by Gasteiger charge is -2.33. The van der Waals surface area contributed by atoms with Gasteiger partial charge in [0, 0.05) is 6.54 Å². The predicted octanol–water partition coefficient (Wildman–Crippen LogP) is 2.72. The van der Waals surface area contributed by atoms with Gasteiger partial charge < -0.3 is 9.64 Å². The monoisotopic (exact) mass is 230 g/mol. The van der Waals surface area contributed by atoms with Crippen molar-refractivity contribution in [2.45, 2.75) is 20.8 Å². The molecule has 1 aromatic rings. The molecule has 3 nitrogen and oxygen atoms in total. The average Bonchev–Trinajstić information content (AvgIpc) is 2.27. The van der Waals surface area contributed by atoms with Crippen molar-refractivity contribution < 1.29 is 4.74 Å². The Morgan fingerprint density at radius 3 is 2.88 bits per heavy atom. The summed E-state index contributed by atoms with van der Waals surface area (Å²) >= 11 is 0. The van der Waals surface area contributed by atoms with Crippen LogP contribution in [0.1, 0.15) is 25.0 Å². The third-order valence-corrected chi connectivity index (χ3v) is 2.86. The summed E-state index contributed by atoms with van der Waals surface area (Å²) in [5, 5.41) is 9.24. The van der Waals surface area contributed by atoms with Gasteiger partial charge in [0.15, 0.2) is 0 Å². The van der Waals surface area contributed by atoms with Gasteiger partial charge in [-0.2, -0.15) is 5.26 Å². The van der Waals surface area contributed by atoms with Crippen LogP contribution in [0.15, 0.2) is 12.1 Å². The number of nitrogens with zero attached hydrogens (tertiary/aromatic N) is 2. The summed E-state index contributed by atoms with van der Waals surface area (Å²) in [6.07, 6.45) is 0. The molecule has 0 atom stereocenters. The Labute approximate surface area is 103 Å². The zero-order valence-corrected chi connectivity index (χ0v) is 10.7. The van der Waals surface area contributed by atoms with E-state index in [-0.39, 0.29) is 0 Å². The van der Waals surface area contributed by atoms with Crippen LogP contribution in [0.25, 0.3) is 0 Å². The summed E-state index contributed by atoms with van der Waals surface area (Å²) in [6.45, 7) is 8.90. The van der Waals surface area contributed by atoms with Crippen molar-refractivity contribution in [3.63, 3.8) is 0 Å². The van der Waals surface area contributed by atoms with E-state index in [2.05, 4.69) is 24.8 Å². The van der Waals surface area contributed by atoms with E-state index in [0.29, 0.717) is 12.5 Å². The molecule has 0 amide bonds. The first kappa shape index (κ1) is 11.8. The molecule has 0 saturated carbocycles. The Bertz CT molecular complexity index is 460. The van der Waals surface area contributed by atoms with Crippen molar-refractivity contribution in [1.82, 2.24) is 0 Å². The smallest absolute Gasteiger partial charge is 0.144 e. The minimum atomic E-state index is 0.578. The fraction of sp³-hybridized carbons (Fsp3) is 0.500. The summed E-state index contributed by atoms with van der Waals surface area (Å²) in [5.74, 6) is 1.43. The zero-order valence-electron chi connectivity index (χ0n) is 10.7. The molecular weight excluding hydrogens is 212 g/mol. The standard InChI is InChI=1S/C14H18N2O/c1-10(2)9-16-4-5-17-13-7-11(3)6-12(8-15)14(13)16/h6-7,10H,4-5,9H2,1-3H3. The Hall–Kier alpha value is -1.69. The molecule has 0 radical (unpaired) electrons. The molecular formula is C14H18N2O. The largest absolute Gasteiger partial charge is 0.490 e. The second-order valence-electron chi connectivity index (χ2n) is 4.96. The Balaban J connectivity index is 2.45. The Kier molecular flexibility index (Phi) is 3.23. The molecule has 0 saturated heterocycles. The number of hydrogen-bond acceptors (Lipinski definition) is 3. The summed E-state index contributed by atoms with van der Waals surface area (Å²) in [4.78, 5) is 2.27. The van der Waals surface area contributed by atoms with Crippen LogP contribution in [0.3, 0.4) is 0 Å². The van der Waals surface area contributed by atoms with Gasteiger partial charge >= 0.3 is 0 Å². The second-order valence-corrected chi connectivity index (χ2v) is 4.96. The topological polar surface area (TPSA) is 36.3 Å². The first-order chi connectivity index (χ1) is 8.11. The summed E-state index contributed by atoms with van der Waals surface area (Å²) in [6, 6.07) is 6.23. The van der Waals surface area contributed by atoms with Gasteiger partial charge in [-0.15, -0.1) is 0 Å². The van der Waals surface area contributed by atoms with Gasteiger partial charge in [0.2, 0.25) is 0 Å². The molecule has 0 unspecified atom stereocenters. The van der Waals surface area contributed by atoms with E-state index in [0.717, 1.165) is 35.7 Å². The lowest BCUT2D eigenvalue weighted by molar-refractivity contribution is 0.304. The van der Waals surface area contributed by atoms with Crippen LogP contribution >= 0.6 is 0 Å². The molecule has 0 aliphatic carbocycles. The fourth-order valence-corrected chi connectivity index (χ4v) is 2.27. The minimum absolute atomic E-state index is 0.578. The van der Waals surface area contributed by atoms with Crippen LogP contribution in [-0.4, -0.2) is 19.7 Å². The number of hydrogen-bond donors (Lipinski definition) is 0. The summed E-state index contributed by atoms with van der Waals surface area (Å²) in [7, 11) is 0. The van der Waals surface area contributed by atoms with Crippen molar-refractivity contribution in [2.75, 3.05) is 24.6 Å². The van der Waals surface area contributed by atoms with Crippen LogP contribution in [-0.2, 0) is 0 Å². The van der Waals surface area contributed by atoms with Crippen molar-refractivity contribution in [3.05, 3.63) is 23.3 Å². The number of anilines is 1.